The number of anilines is 1. The molecule has 0 aliphatic carbocycles. The summed E-state index contributed by atoms with van der Waals surface area (Å²) >= 11 is 0. The summed E-state index contributed by atoms with van der Waals surface area (Å²) in [6.07, 6.45) is 0.790. The van der Waals surface area contributed by atoms with E-state index in [2.05, 4.69) is 4.74 Å². The van der Waals surface area contributed by atoms with E-state index in [1.54, 1.807) is 12.1 Å². The Morgan fingerprint density at radius 2 is 1.75 bits per heavy atom. The van der Waals surface area contributed by atoms with Crippen molar-refractivity contribution in [1.82, 2.24) is 4.90 Å². The fourth-order valence-electron chi connectivity index (χ4n) is 1.83. The number of benzene rings is 1. The van der Waals surface area contributed by atoms with Crippen LogP contribution in [0, 0.1) is 0 Å². The molecular weight excluding hydrogens is 256 g/mol. The molecule has 1 aromatic rings. The zero-order chi connectivity index (χ0) is 15.1. The van der Waals surface area contributed by atoms with E-state index >= 15 is 0 Å². The quantitative estimate of drug-likeness (QED) is 0.744. The number of hydrogen-bond acceptors (Lipinski definition) is 4. The molecule has 0 spiro atoms. The maximum Gasteiger partial charge on any atom is 0.325 e. The maximum atomic E-state index is 12.4. The lowest BCUT2D eigenvalue weighted by Crippen LogP contribution is -2.36. The number of rotatable bonds is 6. The first kappa shape index (κ1) is 16.0. The Morgan fingerprint density at radius 1 is 1.15 bits per heavy atom. The van der Waals surface area contributed by atoms with Gasteiger partial charge in [0.25, 0.3) is 5.91 Å². The zero-order valence-electron chi connectivity index (χ0n) is 12.5. The van der Waals surface area contributed by atoms with Crippen molar-refractivity contribution in [2.75, 3.05) is 39.2 Å². The Morgan fingerprint density at radius 3 is 2.20 bits per heavy atom. The Balaban J connectivity index is 2.85. The van der Waals surface area contributed by atoms with Gasteiger partial charge in [-0.15, -0.1) is 0 Å². The normalized spacial score (nSPS) is 10.0. The summed E-state index contributed by atoms with van der Waals surface area (Å²) in [5.74, 6) is -0.556. The predicted molar refractivity (Wildman–Crippen MR) is 79.0 cm³/mol. The van der Waals surface area contributed by atoms with Gasteiger partial charge >= 0.3 is 5.97 Å². The average Bonchev–Trinajstić information content (AvgIpc) is 2.46. The number of methoxy groups -OCH3 is 1. The molecule has 1 aromatic carbocycles. The standard InChI is InChI=1S/C15H22N2O3/c1-5-10-17(11-14(18)20-4)15(19)12-6-8-13(9-7-12)16(2)3/h6-9H,5,10-11H2,1-4H3. The smallest absolute Gasteiger partial charge is 0.325 e. The maximum absolute atomic E-state index is 12.4. The van der Waals surface area contributed by atoms with Crippen LogP contribution >= 0.6 is 0 Å². The first-order chi connectivity index (χ1) is 9.49. The molecule has 0 atom stereocenters. The second-order valence-corrected chi connectivity index (χ2v) is 4.74. The predicted octanol–water partition coefficient (Wildman–Crippen LogP) is 1.78. The van der Waals surface area contributed by atoms with Crippen LogP contribution in [0.5, 0.6) is 0 Å². The van der Waals surface area contributed by atoms with Crippen LogP contribution in [-0.4, -0.2) is 51.1 Å². The number of esters is 1. The lowest BCUT2D eigenvalue weighted by Gasteiger charge is -2.21. The van der Waals surface area contributed by atoms with Crippen molar-refractivity contribution in [3.05, 3.63) is 29.8 Å². The first-order valence-corrected chi connectivity index (χ1v) is 6.63. The van der Waals surface area contributed by atoms with Crippen molar-refractivity contribution in [2.45, 2.75) is 13.3 Å². The molecule has 0 radical (unpaired) electrons. The fraction of sp³-hybridized carbons (Fsp3) is 0.467. The minimum absolute atomic E-state index is 0.0153. The van der Waals surface area contributed by atoms with Gasteiger partial charge in [-0.3, -0.25) is 9.59 Å². The summed E-state index contributed by atoms with van der Waals surface area (Å²) in [6, 6.07) is 7.32. The molecule has 1 rings (SSSR count). The van der Waals surface area contributed by atoms with Crippen LogP contribution in [0.3, 0.4) is 0 Å². The van der Waals surface area contributed by atoms with E-state index < -0.39 is 5.97 Å². The Hall–Kier alpha value is -2.04. The monoisotopic (exact) mass is 278 g/mol. The fourth-order valence-corrected chi connectivity index (χ4v) is 1.83. The van der Waals surface area contributed by atoms with E-state index in [4.69, 9.17) is 0 Å². The van der Waals surface area contributed by atoms with E-state index in [1.165, 1.54) is 12.0 Å². The summed E-state index contributed by atoms with van der Waals surface area (Å²) in [5.41, 5.74) is 1.60. The second-order valence-electron chi connectivity index (χ2n) is 4.74. The highest BCUT2D eigenvalue weighted by molar-refractivity contribution is 5.96. The van der Waals surface area contributed by atoms with Gasteiger partial charge in [0.15, 0.2) is 0 Å². The number of carbonyl (C=O) groups excluding carboxylic acids is 2. The lowest BCUT2D eigenvalue weighted by molar-refractivity contribution is -0.141. The number of amides is 1. The third kappa shape index (κ3) is 4.26. The van der Waals surface area contributed by atoms with Gasteiger partial charge in [-0.2, -0.15) is 0 Å². The minimum Gasteiger partial charge on any atom is -0.468 e. The molecule has 0 aromatic heterocycles. The second kappa shape index (κ2) is 7.53. The number of carbonyl (C=O) groups is 2. The van der Waals surface area contributed by atoms with Crippen molar-refractivity contribution in [3.63, 3.8) is 0 Å². The highest BCUT2D eigenvalue weighted by Gasteiger charge is 2.18. The van der Waals surface area contributed by atoms with E-state index in [0.717, 1.165) is 12.1 Å². The first-order valence-electron chi connectivity index (χ1n) is 6.63. The van der Waals surface area contributed by atoms with Gasteiger partial charge in [0.2, 0.25) is 0 Å². The van der Waals surface area contributed by atoms with Crippen LogP contribution in [0.15, 0.2) is 24.3 Å². The largest absolute Gasteiger partial charge is 0.468 e. The SMILES string of the molecule is CCCN(CC(=O)OC)C(=O)c1ccc(N(C)C)cc1. The molecule has 0 saturated heterocycles. The van der Waals surface area contributed by atoms with E-state index in [1.807, 2.05) is 38.1 Å². The molecule has 0 fully saturated rings. The van der Waals surface area contributed by atoms with Gasteiger partial charge in [0, 0.05) is 31.9 Å². The minimum atomic E-state index is -0.406. The zero-order valence-corrected chi connectivity index (χ0v) is 12.5. The highest BCUT2D eigenvalue weighted by Crippen LogP contribution is 2.14. The summed E-state index contributed by atoms with van der Waals surface area (Å²) < 4.78 is 4.62. The van der Waals surface area contributed by atoms with Gasteiger partial charge in [0.05, 0.1) is 7.11 Å². The van der Waals surface area contributed by atoms with Crippen LogP contribution in [0.4, 0.5) is 5.69 Å². The van der Waals surface area contributed by atoms with Crippen LogP contribution in [-0.2, 0) is 9.53 Å². The molecule has 0 heterocycles. The Kier molecular flexibility index (Phi) is 6.03. The summed E-state index contributed by atoms with van der Waals surface area (Å²) in [5, 5.41) is 0. The molecule has 0 unspecified atom stereocenters. The third-order valence-corrected chi connectivity index (χ3v) is 2.96. The molecule has 0 aliphatic heterocycles. The average molecular weight is 278 g/mol. The van der Waals surface area contributed by atoms with Crippen molar-refractivity contribution in [2.24, 2.45) is 0 Å². The molecule has 20 heavy (non-hydrogen) atoms. The van der Waals surface area contributed by atoms with Gasteiger partial charge < -0.3 is 14.5 Å². The molecule has 0 N–H and O–H groups in total. The molecule has 0 aliphatic rings. The Bertz CT molecular complexity index is 455. The van der Waals surface area contributed by atoms with E-state index in [9.17, 15) is 9.59 Å². The summed E-state index contributed by atoms with van der Waals surface area (Å²) in [6.45, 7) is 2.48. The number of hydrogen-bond donors (Lipinski definition) is 0. The van der Waals surface area contributed by atoms with Crippen molar-refractivity contribution in [1.29, 1.82) is 0 Å². The lowest BCUT2D eigenvalue weighted by atomic mass is 10.1. The Labute approximate surface area is 120 Å². The van der Waals surface area contributed by atoms with Crippen LogP contribution in [0.2, 0.25) is 0 Å². The topological polar surface area (TPSA) is 49.9 Å². The molecule has 0 bridgehead atoms. The van der Waals surface area contributed by atoms with E-state index in [0.29, 0.717) is 12.1 Å². The molecule has 0 saturated carbocycles. The van der Waals surface area contributed by atoms with Crippen molar-refractivity contribution in [3.8, 4) is 0 Å². The van der Waals surface area contributed by atoms with Gasteiger partial charge in [-0.25, -0.2) is 0 Å². The molecule has 110 valence electrons. The van der Waals surface area contributed by atoms with Crippen molar-refractivity contribution < 1.29 is 14.3 Å². The van der Waals surface area contributed by atoms with Gasteiger partial charge in [-0.1, -0.05) is 6.92 Å². The molecular formula is C15H22N2O3. The van der Waals surface area contributed by atoms with Gasteiger partial charge in [-0.05, 0) is 30.7 Å². The van der Waals surface area contributed by atoms with Gasteiger partial charge in [0.1, 0.15) is 6.54 Å². The van der Waals surface area contributed by atoms with E-state index in [-0.39, 0.29) is 12.5 Å². The summed E-state index contributed by atoms with van der Waals surface area (Å²) in [4.78, 5) is 27.2. The van der Waals surface area contributed by atoms with Crippen LogP contribution in [0.25, 0.3) is 0 Å². The molecule has 5 heteroatoms. The highest BCUT2D eigenvalue weighted by atomic mass is 16.5. The van der Waals surface area contributed by atoms with Crippen molar-refractivity contribution >= 4 is 17.6 Å². The van der Waals surface area contributed by atoms with Crippen LogP contribution in [0.1, 0.15) is 23.7 Å². The molecule has 5 nitrogen and oxygen atoms in total. The van der Waals surface area contributed by atoms with Crippen LogP contribution < -0.4 is 4.90 Å². The number of ether oxygens (including phenoxy) is 1. The molecule has 1 amide bonds. The summed E-state index contributed by atoms with van der Waals surface area (Å²) in [7, 11) is 5.21. The number of nitrogens with zero attached hydrogens (tertiary/aromatic N) is 2. The third-order valence-electron chi connectivity index (χ3n) is 2.96.